The van der Waals surface area contributed by atoms with Gasteiger partial charge in [0.25, 0.3) is 5.91 Å². The number of anilines is 1. The Morgan fingerprint density at radius 2 is 1.67 bits per heavy atom. The third-order valence-corrected chi connectivity index (χ3v) is 3.94. The number of ether oxygens (including phenoxy) is 1. The molecule has 0 aliphatic carbocycles. The predicted molar refractivity (Wildman–Crippen MR) is 89.2 cm³/mol. The highest BCUT2D eigenvalue weighted by Gasteiger charge is 2.41. The van der Waals surface area contributed by atoms with Crippen molar-refractivity contribution in [3.63, 3.8) is 0 Å². The molecule has 0 aromatic heterocycles. The summed E-state index contributed by atoms with van der Waals surface area (Å²) in [6, 6.07) is 13.7. The molecule has 1 heterocycles. The number of aryl methyl sites for hydroxylation is 1. The normalized spacial score (nSPS) is 17.2. The van der Waals surface area contributed by atoms with Crippen LogP contribution in [0.5, 0.6) is 5.75 Å². The van der Waals surface area contributed by atoms with E-state index in [4.69, 9.17) is 4.74 Å². The molecule has 0 radical (unpaired) electrons. The number of amides is 2. The number of imide groups is 1. The highest BCUT2D eigenvalue weighted by atomic mass is 16.5. The second-order valence-corrected chi connectivity index (χ2v) is 5.79. The first-order chi connectivity index (χ1) is 11.5. The second kappa shape index (κ2) is 6.28. The maximum Gasteiger partial charge on any atom is 0.275 e. The average Bonchev–Trinajstić information content (AvgIpc) is 2.83. The number of ketones is 1. The van der Waals surface area contributed by atoms with Gasteiger partial charge in [-0.3, -0.25) is 14.4 Å². The molecule has 2 aromatic carbocycles. The summed E-state index contributed by atoms with van der Waals surface area (Å²) in [6.45, 7) is 3.42. The minimum absolute atomic E-state index is 0.00116. The van der Waals surface area contributed by atoms with Crippen molar-refractivity contribution in [3.05, 3.63) is 59.7 Å². The molecule has 2 aromatic rings. The molecule has 1 unspecified atom stereocenters. The lowest BCUT2D eigenvalue weighted by Gasteiger charge is -2.16. The Labute approximate surface area is 139 Å². The fourth-order valence-electron chi connectivity index (χ4n) is 2.59. The van der Waals surface area contributed by atoms with Crippen molar-refractivity contribution >= 4 is 23.3 Å². The third-order valence-electron chi connectivity index (χ3n) is 3.94. The molecular weight excluding hydrogens is 306 g/mol. The first kappa shape index (κ1) is 15.9. The van der Waals surface area contributed by atoms with E-state index >= 15 is 0 Å². The molecule has 2 amide bonds. The summed E-state index contributed by atoms with van der Waals surface area (Å²) in [6.07, 6.45) is -0.825. The van der Waals surface area contributed by atoms with Crippen LogP contribution in [-0.4, -0.2) is 23.7 Å². The lowest BCUT2D eigenvalue weighted by atomic mass is 10.1. The standard InChI is InChI=1S/C19H17NO4/c1-12-3-9-16(10-4-12)24-17-11-18(22)20(19(17)23)15-7-5-14(6-8-15)13(2)21/h3-10,17H,11H2,1-2H3. The summed E-state index contributed by atoms with van der Waals surface area (Å²) < 4.78 is 5.66. The fraction of sp³-hybridized carbons (Fsp3) is 0.211. The van der Waals surface area contributed by atoms with Gasteiger partial charge in [0.1, 0.15) is 5.75 Å². The Kier molecular flexibility index (Phi) is 4.16. The molecule has 1 saturated heterocycles. The highest BCUT2D eigenvalue weighted by molar-refractivity contribution is 6.22. The highest BCUT2D eigenvalue weighted by Crippen LogP contribution is 2.26. The third kappa shape index (κ3) is 3.06. The molecule has 0 N–H and O–H groups in total. The van der Waals surface area contributed by atoms with Crippen molar-refractivity contribution < 1.29 is 19.1 Å². The number of hydrogen-bond acceptors (Lipinski definition) is 4. The van der Waals surface area contributed by atoms with E-state index in [1.807, 2.05) is 19.1 Å². The summed E-state index contributed by atoms with van der Waals surface area (Å²) >= 11 is 0. The van der Waals surface area contributed by atoms with E-state index in [0.717, 1.165) is 10.5 Å². The van der Waals surface area contributed by atoms with Gasteiger partial charge in [-0.25, -0.2) is 4.90 Å². The molecule has 1 aliphatic heterocycles. The van der Waals surface area contributed by atoms with Crippen molar-refractivity contribution in [2.24, 2.45) is 0 Å². The molecule has 0 bridgehead atoms. The van der Waals surface area contributed by atoms with Crippen LogP contribution in [0, 0.1) is 6.92 Å². The number of carbonyl (C=O) groups excluding carboxylic acids is 3. The van der Waals surface area contributed by atoms with E-state index in [-0.39, 0.29) is 18.1 Å². The zero-order valence-electron chi connectivity index (χ0n) is 13.5. The fourth-order valence-corrected chi connectivity index (χ4v) is 2.59. The molecule has 1 fully saturated rings. The first-order valence-corrected chi connectivity index (χ1v) is 7.67. The number of rotatable bonds is 4. The van der Waals surface area contributed by atoms with Crippen LogP contribution < -0.4 is 9.64 Å². The smallest absolute Gasteiger partial charge is 0.275 e. The van der Waals surface area contributed by atoms with E-state index in [1.54, 1.807) is 36.4 Å². The summed E-state index contributed by atoms with van der Waals surface area (Å²) in [5, 5.41) is 0. The maximum absolute atomic E-state index is 12.5. The van der Waals surface area contributed by atoms with Gasteiger partial charge in [-0.1, -0.05) is 17.7 Å². The van der Waals surface area contributed by atoms with Crippen LogP contribution in [0.2, 0.25) is 0 Å². The van der Waals surface area contributed by atoms with Crippen molar-refractivity contribution in [2.45, 2.75) is 26.4 Å². The van der Waals surface area contributed by atoms with Crippen molar-refractivity contribution in [2.75, 3.05) is 4.90 Å². The number of Topliss-reactive ketones (excluding diaryl/α,β-unsaturated/α-hetero) is 1. The monoisotopic (exact) mass is 323 g/mol. The van der Waals surface area contributed by atoms with Crippen LogP contribution in [0.15, 0.2) is 48.5 Å². The lowest BCUT2D eigenvalue weighted by molar-refractivity contribution is -0.123. The summed E-state index contributed by atoms with van der Waals surface area (Å²) in [7, 11) is 0. The molecular formula is C19H17NO4. The first-order valence-electron chi connectivity index (χ1n) is 7.67. The van der Waals surface area contributed by atoms with Crippen LogP contribution in [0.4, 0.5) is 5.69 Å². The largest absolute Gasteiger partial charge is 0.480 e. The SMILES string of the molecule is CC(=O)c1ccc(N2C(=O)CC(Oc3ccc(C)cc3)C2=O)cc1. The molecule has 3 rings (SSSR count). The van der Waals surface area contributed by atoms with E-state index in [1.165, 1.54) is 6.92 Å². The minimum Gasteiger partial charge on any atom is -0.480 e. The Balaban J connectivity index is 1.78. The molecule has 1 aliphatic rings. The van der Waals surface area contributed by atoms with Crippen molar-refractivity contribution in [1.82, 2.24) is 0 Å². The molecule has 0 saturated carbocycles. The van der Waals surface area contributed by atoms with Crippen LogP contribution in [-0.2, 0) is 9.59 Å². The average molecular weight is 323 g/mol. The van der Waals surface area contributed by atoms with Gasteiger partial charge in [-0.05, 0) is 50.2 Å². The van der Waals surface area contributed by atoms with Gasteiger partial charge in [-0.2, -0.15) is 0 Å². The van der Waals surface area contributed by atoms with Crippen LogP contribution in [0.25, 0.3) is 0 Å². The van der Waals surface area contributed by atoms with Gasteiger partial charge < -0.3 is 4.74 Å². The van der Waals surface area contributed by atoms with Crippen molar-refractivity contribution in [1.29, 1.82) is 0 Å². The molecule has 24 heavy (non-hydrogen) atoms. The van der Waals surface area contributed by atoms with E-state index in [9.17, 15) is 14.4 Å². The van der Waals surface area contributed by atoms with Gasteiger partial charge in [0.05, 0.1) is 12.1 Å². The van der Waals surface area contributed by atoms with Gasteiger partial charge in [0, 0.05) is 5.56 Å². The number of nitrogens with zero attached hydrogens (tertiary/aromatic N) is 1. The maximum atomic E-state index is 12.5. The zero-order valence-corrected chi connectivity index (χ0v) is 13.5. The van der Waals surface area contributed by atoms with E-state index in [0.29, 0.717) is 17.0 Å². The summed E-state index contributed by atoms with van der Waals surface area (Å²) in [5.74, 6) is -0.217. The minimum atomic E-state index is -0.826. The Bertz CT molecular complexity index is 793. The van der Waals surface area contributed by atoms with E-state index < -0.39 is 12.0 Å². The molecule has 1 atom stereocenters. The molecule has 5 heteroatoms. The zero-order chi connectivity index (χ0) is 17.3. The molecule has 0 spiro atoms. The quantitative estimate of drug-likeness (QED) is 0.641. The number of hydrogen-bond donors (Lipinski definition) is 0. The van der Waals surface area contributed by atoms with Gasteiger partial charge in [-0.15, -0.1) is 0 Å². The van der Waals surface area contributed by atoms with Gasteiger partial charge >= 0.3 is 0 Å². The number of benzene rings is 2. The lowest BCUT2D eigenvalue weighted by Crippen LogP contribution is -2.33. The summed E-state index contributed by atoms with van der Waals surface area (Å²) in [4.78, 5) is 37.2. The van der Waals surface area contributed by atoms with Crippen LogP contribution in [0.3, 0.4) is 0 Å². The van der Waals surface area contributed by atoms with Crippen molar-refractivity contribution in [3.8, 4) is 5.75 Å². The Hall–Kier alpha value is -2.95. The molecule has 122 valence electrons. The van der Waals surface area contributed by atoms with Gasteiger partial charge in [0.2, 0.25) is 5.91 Å². The topological polar surface area (TPSA) is 63.7 Å². The Morgan fingerprint density at radius 3 is 2.25 bits per heavy atom. The van der Waals surface area contributed by atoms with E-state index in [2.05, 4.69) is 0 Å². The molecule has 5 nitrogen and oxygen atoms in total. The predicted octanol–water partition coefficient (Wildman–Crippen LogP) is 2.91. The second-order valence-electron chi connectivity index (χ2n) is 5.79. The van der Waals surface area contributed by atoms with Crippen LogP contribution >= 0.6 is 0 Å². The number of carbonyl (C=O) groups is 3. The summed E-state index contributed by atoms with van der Waals surface area (Å²) in [5.41, 5.74) is 2.07. The Morgan fingerprint density at radius 1 is 1.04 bits per heavy atom. The van der Waals surface area contributed by atoms with Crippen LogP contribution in [0.1, 0.15) is 29.3 Å². The van der Waals surface area contributed by atoms with Gasteiger partial charge in [0.15, 0.2) is 11.9 Å².